The summed E-state index contributed by atoms with van der Waals surface area (Å²) in [4.78, 5) is 43.5. The number of hydrogen-bond donors (Lipinski definition) is 0. The van der Waals surface area contributed by atoms with Gasteiger partial charge >= 0.3 is 5.97 Å². The molecule has 3 heterocycles. The van der Waals surface area contributed by atoms with E-state index >= 15 is 0 Å². The molecule has 0 spiro atoms. The van der Waals surface area contributed by atoms with Gasteiger partial charge in [0.1, 0.15) is 21.8 Å². The average molecular weight is 587 g/mol. The van der Waals surface area contributed by atoms with E-state index in [-0.39, 0.29) is 28.9 Å². The van der Waals surface area contributed by atoms with Gasteiger partial charge in [0.05, 0.1) is 17.4 Å². The summed E-state index contributed by atoms with van der Waals surface area (Å²) in [5.41, 5.74) is 1.02. The van der Waals surface area contributed by atoms with E-state index in [9.17, 15) is 19.6 Å². The van der Waals surface area contributed by atoms with E-state index in [1.807, 2.05) is 13.0 Å². The molecule has 0 aromatic carbocycles. The van der Waals surface area contributed by atoms with E-state index in [0.717, 1.165) is 19.3 Å². The van der Waals surface area contributed by atoms with Crippen LogP contribution in [-0.2, 0) is 20.9 Å². The summed E-state index contributed by atoms with van der Waals surface area (Å²) >= 11 is 6.86. The van der Waals surface area contributed by atoms with Gasteiger partial charge in [0.2, 0.25) is 0 Å². The molecule has 0 unspecified atom stereocenters. The van der Waals surface area contributed by atoms with Gasteiger partial charge in [0.15, 0.2) is 0 Å². The van der Waals surface area contributed by atoms with Gasteiger partial charge in [-0.2, -0.15) is 5.26 Å². The van der Waals surface area contributed by atoms with Crippen LogP contribution in [0.4, 0.5) is 5.82 Å². The number of esters is 1. The Morgan fingerprint density at radius 1 is 1.07 bits per heavy atom. The normalized spacial score (nSPS) is 17.1. The highest BCUT2D eigenvalue weighted by atomic mass is 32.2. The fourth-order valence-electron chi connectivity index (χ4n) is 5.38. The van der Waals surface area contributed by atoms with Gasteiger partial charge in [-0.1, -0.05) is 69.9 Å². The molecule has 2 aliphatic heterocycles. The summed E-state index contributed by atoms with van der Waals surface area (Å²) in [6, 6.07) is 2.10. The van der Waals surface area contributed by atoms with E-state index in [1.54, 1.807) is 23.3 Å². The van der Waals surface area contributed by atoms with Gasteiger partial charge in [-0.25, -0.2) is 0 Å². The molecule has 0 atom stereocenters. The van der Waals surface area contributed by atoms with Gasteiger partial charge in [-0.15, -0.1) is 0 Å². The number of unbranched alkanes of at least 4 members (excludes halogenated alkanes) is 5. The molecule has 1 aromatic rings. The number of rotatable bonds is 13. The molecule has 0 aliphatic carbocycles. The highest BCUT2D eigenvalue weighted by Crippen LogP contribution is 2.37. The number of carbonyl (C=O) groups is 2. The fraction of sp³-hybridized carbons (Fsp3) is 0.633. The third kappa shape index (κ3) is 7.35. The van der Waals surface area contributed by atoms with Crippen LogP contribution in [0.3, 0.4) is 0 Å². The van der Waals surface area contributed by atoms with Crippen LogP contribution in [0, 0.1) is 24.2 Å². The first kappa shape index (κ1) is 31.9. The van der Waals surface area contributed by atoms with Crippen LogP contribution in [0.2, 0.25) is 0 Å². The van der Waals surface area contributed by atoms with Crippen molar-refractivity contribution >= 4 is 52.1 Å². The van der Waals surface area contributed by atoms with Crippen molar-refractivity contribution in [2.75, 3.05) is 31.1 Å². The third-order valence-corrected chi connectivity index (χ3v) is 8.97. The number of piperidine rings is 1. The maximum atomic E-state index is 13.4. The Morgan fingerprint density at radius 3 is 2.38 bits per heavy atom. The summed E-state index contributed by atoms with van der Waals surface area (Å²) in [6.07, 6.45) is 10.5. The molecule has 2 fully saturated rings. The lowest BCUT2D eigenvalue weighted by Crippen LogP contribution is -2.41. The van der Waals surface area contributed by atoms with Crippen LogP contribution < -0.4 is 10.5 Å². The summed E-state index contributed by atoms with van der Waals surface area (Å²) in [5, 5.41) is 9.89. The highest BCUT2D eigenvalue weighted by Gasteiger charge is 2.34. The number of carbonyl (C=O) groups excluding carboxylic acids is 2. The number of thioether (sulfide) groups is 1. The van der Waals surface area contributed by atoms with Crippen LogP contribution >= 0.6 is 24.0 Å². The topological polar surface area (TPSA) is 95.6 Å². The molecule has 1 amide bonds. The molecule has 0 bridgehead atoms. The predicted octanol–water partition coefficient (Wildman–Crippen LogP) is 5.78. The fourth-order valence-corrected chi connectivity index (χ4v) is 6.67. The van der Waals surface area contributed by atoms with Gasteiger partial charge < -0.3 is 9.64 Å². The Kier molecular flexibility index (Phi) is 12.3. The van der Waals surface area contributed by atoms with E-state index in [1.165, 1.54) is 31.0 Å². The zero-order valence-corrected chi connectivity index (χ0v) is 25.9. The number of anilines is 1. The van der Waals surface area contributed by atoms with Crippen LogP contribution in [0.5, 0.6) is 0 Å². The van der Waals surface area contributed by atoms with Gasteiger partial charge in [0.25, 0.3) is 11.5 Å². The summed E-state index contributed by atoms with van der Waals surface area (Å²) in [7, 11) is 0. The second-order valence-corrected chi connectivity index (χ2v) is 12.1. The minimum Gasteiger partial charge on any atom is -0.466 e. The van der Waals surface area contributed by atoms with Gasteiger partial charge in [-0.3, -0.25) is 23.9 Å². The summed E-state index contributed by atoms with van der Waals surface area (Å²) < 4.78 is 7.44. The standard InChI is InChI=1S/C30H42N4O4S2/c1-5-8-9-10-11-12-16-34-28(36)25(40-30(34)39)19-23-21(4)24(20-31)27(35)33(15-6-2)26(23)32-17-13-22(14-18-32)29(37)38-7-3/h19,22H,5-18H2,1-4H3/b25-19+. The Bertz CT molecular complexity index is 1230. The predicted molar refractivity (Wildman–Crippen MR) is 165 cm³/mol. The molecule has 0 saturated carbocycles. The Balaban J connectivity index is 1.95. The molecule has 2 saturated heterocycles. The van der Waals surface area contributed by atoms with Crippen molar-refractivity contribution in [3.05, 3.63) is 31.9 Å². The lowest BCUT2D eigenvalue weighted by atomic mass is 9.95. The molecule has 0 N–H and O–H groups in total. The molecule has 1 aromatic heterocycles. The quantitative estimate of drug-likeness (QED) is 0.124. The summed E-state index contributed by atoms with van der Waals surface area (Å²) in [6.45, 7) is 10.3. The first-order chi connectivity index (χ1) is 19.3. The summed E-state index contributed by atoms with van der Waals surface area (Å²) in [5.74, 6) is 0.218. The second kappa shape index (κ2) is 15.4. The first-order valence-corrected chi connectivity index (χ1v) is 15.9. The zero-order valence-electron chi connectivity index (χ0n) is 24.3. The van der Waals surface area contributed by atoms with Crippen LogP contribution in [0.1, 0.15) is 95.2 Å². The number of aromatic nitrogens is 1. The number of hydrogen-bond acceptors (Lipinski definition) is 8. The van der Waals surface area contributed by atoms with Crippen molar-refractivity contribution < 1.29 is 14.3 Å². The van der Waals surface area contributed by atoms with Crippen molar-refractivity contribution in [3.63, 3.8) is 0 Å². The molecule has 0 radical (unpaired) electrons. The molecule has 40 heavy (non-hydrogen) atoms. The van der Waals surface area contributed by atoms with Crippen molar-refractivity contribution in [2.45, 2.75) is 92.0 Å². The third-order valence-electron chi connectivity index (χ3n) is 7.59. The van der Waals surface area contributed by atoms with Crippen molar-refractivity contribution in [1.82, 2.24) is 9.47 Å². The lowest BCUT2D eigenvalue weighted by molar-refractivity contribution is -0.148. The number of nitriles is 1. The monoisotopic (exact) mass is 586 g/mol. The second-order valence-electron chi connectivity index (χ2n) is 10.4. The Morgan fingerprint density at radius 2 is 1.75 bits per heavy atom. The van der Waals surface area contributed by atoms with Crippen LogP contribution in [0.25, 0.3) is 6.08 Å². The smallest absolute Gasteiger partial charge is 0.309 e. The number of thiocarbonyl (C=S) groups is 1. The minimum absolute atomic E-state index is 0.0902. The Hall–Kier alpha value is -2.64. The van der Waals surface area contributed by atoms with E-state index in [0.29, 0.717) is 78.2 Å². The molecule has 2 aliphatic rings. The number of amides is 1. The van der Waals surface area contributed by atoms with Gasteiger partial charge in [0, 0.05) is 31.7 Å². The van der Waals surface area contributed by atoms with Crippen LogP contribution in [0.15, 0.2) is 9.70 Å². The SMILES string of the molecule is CCCCCCCCN1C(=O)/C(=C\c2c(C)c(C#N)c(=O)n(CCC)c2N2CCC(C(=O)OCC)CC2)SC1=S. The zero-order chi connectivity index (χ0) is 29.2. The molecular weight excluding hydrogens is 544 g/mol. The molecule has 10 heteroatoms. The number of ether oxygens (including phenoxy) is 1. The highest BCUT2D eigenvalue weighted by molar-refractivity contribution is 8.26. The van der Waals surface area contributed by atoms with Crippen molar-refractivity contribution in [1.29, 1.82) is 5.26 Å². The molecule has 8 nitrogen and oxygen atoms in total. The number of pyridine rings is 1. The Labute approximate surface area is 247 Å². The molecule has 3 rings (SSSR count). The average Bonchev–Trinajstić information content (AvgIpc) is 3.21. The van der Waals surface area contributed by atoms with E-state index in [4.69, 9.17) is 17.0 Å². The maximum absolute atomic E-state index is 13.4. The largest absolute Gasteiger partial charge is 0.466 e. The minimum atomic E-state index is -0.322. The maximum Gasteiger partial charge on any atom is 0.309 e. The van der Waals surface area contributed by atoms with Crippen LogP contribution in [-0.4, -0.2) is 51.9 Å². The van der Waals surface area contributed by atoms with Crippen molar-refractivity contribution in [3.8, 4) is 6.07 Å². The molecule has 218 valence electrons. The van der Waals surface area contributed by atoms with E-state index < -0.39 is 0 Å². The number of nitrogens with zero attached hydrogens (tertiary/aromatic N) is 4. The van der Waals surface area contributed by atoms with E-state index in [2.05, 4.69) is 17.9 Å². The lowest BCUT2D eigenvalue weighted by Gasteiger charge is -2.35. The van der Waals surface area contributed by atoms with Gasteiger partial charge in [-0.05, 0) is 51.2 Å². The first-order valence-electron chi connectivity index (χ1n) is 14.6. The van der Waals surface area contributed by atoms with Crippen molar-refractivity contribution in [2.24, 2.45) is 5.92 Å². The molecular formula is C30H42N4O4S2.